The van der Waals surface area contributed by atoms with Crippen LogP contribution in [0, 0.1) is 0 Å². The standard InChI is InChI=1S/C13H19F2N3O2/c1-16-13(18(2)3)17-8-9-7-10(19-4)5-6-11(9)20-12(14)15/h5-7,12H,8H2,1-4H3,(H,16,17). The summed E-state index contributed by atoms with van der Waals surface area (Å²) < 4.78 is 34.3. The van der Waals surface area contributed by atoms with Crippen LogP contribution in [0.5, 0.6) is 11.5 Å². The third kappa shape index (κ3) is 4.56. The van der Waals surface area contributed by atoms with Crippen molar-refractivity contribution >= 4 is 5.96 Å². The number of guanidine groups is 1. The first-order valence-electron chi connectivity index (χ1n) is 5.97. The number of hydrogen-bond acceptors (Lipinski definition) is 3. The van der Waals surface area contributed by atoms with Crippen LogP contribution in [0.1, 0.15) is 5.56 Å². The van der Waals surface area contributed by atoms with E-state index in [9.17, 15) is 8.78 Å². The van der Waals surface area contributed by atoms with Crippen LogP contribution in [0.25, 0.3) is 0 Å². The highest BCUT2D eigenvalue weighted by Crippen LogP contribution is 2.25. The molecule has 20 heavy (non-hydrogen) atoms. The van der Waals surface area contributed by atoms with Gasteiger partial charge in [0, 0.05) is 33.3 Å². The van der Waals surface area contributed by atoms with Crippen LogP contribution >= 0.6 is 0 Å². The van der Waals surface area contributed by atoms with Crippen molar-refractivity contribution in [2.24, 2.45) is 4.99 Å². The molecule has 0 unspecified atom stereocenters. The predicted octanol–water partition coefficient (Wildman–Crippen LogP) is 1.93. The molecule has 1 rings (SSSR count). The second-order valence-electron chi connectivity index (χ2n) is 4.15. The zero-order valence-corrected chi connectivity index (χ0v) is 12.0. The molecule has 0 aromatic heterocycles. The molecule has 1 aromatic carbocycles. The van der Waals surface area contributed by atoms with E-state index >= 15 is 0 Å². The Morgan fingerprint density at radius 3 is 2.60 bits per heavy atom. The molecule has 0 bridgehead atoms. The van der Waals surface area contributed by atoms with E-state index < -0.39 is 6.61 Å². The molecule has 112 valence electrons. The van der Waals surface area contributed by atoms with E-state index in [1.807, 2.05) is 14.1 Å². The average Bonchev–Trinajstić information content (AvgIpc) is 2.40. The molecule has 1 aromatic rings. The SMILES string of the molecule is CN=C(NCc1cc(OC)ccc1OC(F)F)N(C)C. The maximum absolute atomic E-state index is 12.4. The van der Waals surface area contributed by atoms with E-state index in [0.717, 1.165) is 0 Å². The number of nitrogens with zero attached hydrogens (tertiary/aromatic N) is 2. The average molecular weight is 287 g/mol. The Labute approximate surface area is 117 Å². The summed E-state index contributed by atoms with van der Waals surface area (Å²) in [6.07, 6.45) is 0. The third-order valence-electron chi connectivity index (χ3n) is 2.56. The smallest absolute Gasteiger partial charge is 0.387 e. The van der Waals surface area contributed by atoms with Gasteiger partial charge in [0.1, 0.15) is 11.5 Å². The van der Waals surface area contributed by atoms with Gasteiger partial charge < -0.3 is 19.7 Å². The van der Waals surface area contributed by atoms with Gasteiger partial charge in [0.05, 0.1) is 7.11 Å². The Balaban J connectivity index is 2.90. The molecule has 0 amide bonds. The number of hydrogen-bond donors (Lipinski definition) is 1. The lowest BCUT2D eigenvalue weighted by Crippen LogP contribution is -2.35. The van der Waals surface area contributed by atoms with E-state index in [1.54, 1.807) is 24.1 Å². The van der Waals surface area contributed by atoms with E-state index in [4.69, 9.17) is 4.74 Å². The summed E-state index contributed by atoms with van der Waals surface area (Å²) >= 11 is 0. The van der Waals surface area contributed by atoms with Gasteiger partial charge in [0.15, 0.2) is 5.96 Å². The maximum atomic E-state index is 12.4. The summed E-state index contributed by atoms with van der Waals surface area (Å²) in [5.74, 6) is 1.32. The van der Waals surface area contributed by atoms with Gasteiger partial charge in [0.2, 0.25) is 0 Å². The fourth-order valence-electron chi connectivity index (χ4n) is 1.64. The van der Waals surface area contributed by atoms with Gasteiger partial charge in [-0.05, 0) is 18.2 Å². The first-order chi connectivity index (χ1) is 9.47. The lowest BCUT2D eigenvalue weighted by Gasteiger charge is -2.18. The molecule has 1 N–H and O–H groups in total. The highest BCUT2D eigenvalue weighted by Gasteiger charge is 2.11. The van der Waals surface area contributed by atoms with Crippen molar-refractivity contribution in [2.45, 2.75) is 13.2 Å². The fraction of sp³-hybridized carbons (Fsp3) is 0.462. The monoisotopic (exact) mass is 287 g/mol. The van der Waals surface area contributed by atoms with Crippen LogP contribution < -0.4 is 14.8 Å². The van der Waals surface area contributed by atoms with Gasteiger partial charge in [-0.1, -0.05) is 0 Å². The minimum absolute atomic E-state index is 0.113. The Kier molecular flexibility index (Phi) is 6.02. The highest BCUT2D eigenvalue weighted by molar-refractivity contribution is 5.79. The van der Waals surface area contributed by atoms with Gasteiger partial charge >= 0.3 is 6.61 Å². The van der Waals surface area contributed by atoms with Crippen molar-refractivity contribution in [3.05, 3.63) is 23.8 Å². The topological polar surface area (TPSA) is 46.1 Å². The summed E-state index contributed by atoms with van der Waals surface area (Å²) in [6.45, 7) is -2.57. The molecule has 0 aliphatic heterocycles. The number of aliphatic imine (C=N–C) groups is 1. The summed E-state index contributed by atoms with van der Waals surface area (Å²) in [7, 11) is 6.82. The van der Waals surface area contributed by atoms with Crippen molar-refractivity contribution in [1.29, 1.82) is 0 Å². The quantitative estimate of drug-likeness (QED) is 0.664. The summed E-state index contributed by atoms with van der Waals surface area (Å²) in [4.78, 5) is 5.83. The number of rotatable bonds is 5. The summed E-state index contributed by atoms with van der Waals surface area (Å²) in [5.41, 5.74) is 0.563. The Morgan fingerprint density at radius 2 is 2.10 bits per heavy atom. The molecule has 0 fully saturated rings. The molecule has 0 aliphatic carbocycles. The first-order valence-corrected chi connectivity index (χ1v) is 5.97. The largest absolute Gasteiger partial charge is 0.497 e. The van der Waals surface area contributed by atoms with Gasteiger partial charge in [-0.15, -0.1) is 0 Å². The number of benzene rings is 1. The first kappa shape index (κ1) is 16.0. The lowest BCUT2D eigenvalue weighted by atomic mass is 10.2. The van der Waals surface area contributed by atoms with Crippen LogP contribution in [-0.2, 0) is 6.54 Å². The normalized spacial score (nSPS) is 11.4. The molecule has 0 heterocycles. The lowest BCUT2D eigenvalue weighted by molar-refractivity contribution is -0.0505. The molecule has 7 heteroatoms. The van der Waals surface area contributed by atoms with E-state index in [2.05, 4.69) is 15.0 Å². The van der Waals surface area contributed by atoms with Crippen LogP contribution in [0.4, 0.5) is 8.78 Å². The van der Waals surface area contributed by atoms with Gasteiger partial charge in [-0.3, -0.25) is 4.99 Å². The Hall–Kier alpha value is -2.05. The number of alkyl halides is 2. The van der Waals surface area contributed by atoms with Crippen molar-refractivity contribution in [2.75, 3.05) is 28.3 Å². The van der Waals surface area contributed by atoms with Gasteiger partial charge in [0.25, 0.3) is 0 Å². The van der Waals surface area contributed by atoms with Crippen LogP contribution in [0.2, 0.25) is 0 Å². The van der Waals surface area contributed by atoms with Crippen molar-refractivity contribution in [3.63, 3.8) is 0 Å². The third-order valence-corrected chi connectivity index (χ3v) is 2.56. The number of methoxy groups -OCH3 is 1. The summed E-state index contributed by atoms with van der Waals surface area (Å²) in [6, 6.07) is 4.68. The van der Waals surface area contributed by atoms with Crippen LogP contribution in [-0.4, -0.2) is 45.7 Å². The molecular formula is C13H19F2N3O2. The number of halogens is 2. The molecular weight excluding hydrogens is 268 g/mol. The number of ether oxygens (including phenoxy) is 2. The highest BCUT2D eigenvalue weighted by atomic mass is 19.3. The van der Waals surface area contributed by atoms with E-state index in [1.165, 1.54) is 13.2 Å². The van der Waals surface area contributed by atoms with Gasteiger partial charge in [-0.2, -0.15) is 8.78 Å². The van der Waals surface area contributed by atoms with Gasteiger partial charge in [-0.25, -0.2) is 0 Å². The molecule has 0 atom stereocenters. The number of nitrogens with one attached hydrogen (secondary N) is 1. The van der Waals surface area contributed by atoms with Crippen molar-refractivity contribution in [1.82, 2.24) is 10.2 Å². The molecule has 5 nitrogen and oxygen atoms in total. The van der Waals surface area contributed by atoms with E-state index in [0.29, 0.717) is 23.8 Å². The second-order valence-corrected chi connectivity index (χ2v) is 4.15. The summed E-state index contributed by atoms with van der Waals surface area (Å²) in [5, 5.41) is 3.05. The second kappa shape index (κ2) is 7.52. The Bertz CT molecular complexity index is 465. The fourth-order valence-corrected chi connectivity index (χ4v) is 1.64. The molecule has 0 aliphatic rings. The minimum atomic E-state index is -2.87. The Morgan fingerprint density at radius 1 is 1.40 bits per heavy atom. The van der Waals surface area contributed by atoms with E-state index in [-0.39, 0.29) is 5.75 Å². The molecule has 0 saturated heterocycles. The molecule has 0 spiro atoms. The van der Waals surface area contributed by atoms with Crippen LogP contribution in [0.3, 0.4) is 0 Å². The molecule has 0 saturated carbocycles. The predicted molar refractivity (Wildman–Crippen MR) is 73.5 cm³/mol. The zero-order chi connectivity index (χ0) is 15.1. The van der Waals surface area contributed by atoms with Crippen molar-refractivity contribution < 1.29 is 18.3 Å². The maximum Gasteiger partial charge on any atom is 0.387 e. The minimum Gasteiger partial charge on any atom is -0.497 e. The molecule has 0 radical (unpaired) electrons. The van der Waals surface area contributed by atoms with Crippen LogP contribution in [0.15, 0.2) is 23.2 Å². The van der Waals surface area contributed by atoms with Crippen molar-refractivity contribution in [3.8, 4) is 11.5 Å². The zero-order valence-electron chi connectivity index (χ0n) is 12.0.